The number of methoxy groups -OCH3 is 1. The zero-order valence-electron chi connectivity index (χ0n) is 23.9. The van der Waals surface area contributed by atoms with Gasteiger partial charge in [-0.3, -0.25) is 14.4 Å². The highest BCUT2D eigenvalue weighted by atomic mass is 35.5. The lowest BCUT2D eigenvalue weighted by Gasteiger charge is -2.27. The third-order valence-corrected chi connectivity index (χ3v) is 8.11. The number of ketones is 2. The number of Topliss-reactive ketones (excluding diaryl/α,β-unsaturated/α-hetero) is 2. The smallest absolute Gasteiger partial charge is 0.259 e. The molecular weight excluding hydrogens is 586 g/mol. The Kier molecular flexibility index (Phi) is 7.05. The van der Waals surface area contributed by atoms with Crippen molar-refractivity contribution in [3.63, 3.8) is 0 Å². The monoisotopic (exact) mass is 611 g/mol. The fraction of sp³-hybridized carbons (Fsp3) is 0.147. The molecule has 4 aromatic rings. The summed E-state index contributed by atoms with van der Waals surface area (Å²) in [5.74, 6) is -1.83. The molecule has 1 aliphatic heterocycles. The van der Waals surface area contributed by atoms with E-state index in [9.17, 15) is 24.6 Å². The van der Waals surface area contributed by atoms with Crippen molar-refractivity contribution in [2.24, 2.45) is 0 Å². The number of aliphatic hydroxyl groups is 1. The second-order valence-corrected chi connectivity index (χ2v) is 11.0. The number of rotatable bonds is 7. The van der Waals surface area contributed by atoms with E-state index in [0.717, 1.165) is 29.3 Å². The minimum absolute atomic E-state index is 0.00100. The van der Waals surface area contributed by atoms with Crippen molar-refractivity contribution < 1.29 is 38.8 Å². The SMILES string of the molecule is COc1cc(O)c2c(c1C(=O)NCc1ccc(Oc3cccc(Cl)c3)c3ccccc13)OC1=CC(O)=C(C(C)=O)C(=O)[C@]12C. The van der Waals surface area contributed by atoms with Crippen LogP contribution in [0.3, 0.4) is 0 Å². The second kappa shape index (κ2) is 10.8. The van der Waals surface area contributed by atoms with Gasteiger partial charge >= 0.3 is 0 Å². The Morgan fingerprint density at radius 3 is 2.45 bits per heavy atom. The summed E-state index contributed by atoms with van der Waals surface area (Å²) < 4.78 is 17.5. The Labute approximate surface area is 256 Å². The van der Waals surface area contributed by atoms with Gasteiger partial charge in [-0.15, -0.1) is 0 Å². The van der Waals surface area contributed by atoms with E-state index < -0.39 is 34.2 Å². The Balaban J connectivity index is 1.34. The molecule has 4 aromatic carbocycles. The number of carbonyl (C=O) groups is 3. The van der Waals surface area contributed by atoms with Crippen LogP contribution in [0.15, 0.2) is 89.9 Å². The third-order valence-electron chi connectivity index (χ3n) is 7.87. The van der Waals surface area contributed by atoms with Gasteiger partial charge in [-0.2, -0.15) is 0 Å². The van der Waals surface area contributed by atoms with Gasteiger partial charge in [0.05, 0.1) is 12.7 Å². The summed E-state index contributed by atoms with van der Waals surface area (Å²) in [6.45, 7) is 2.73. The molecule has 0 fully saturated rings. The Morgan fingerprint density at radius 2 is 1.75 bits per heavy atom. The van der Waals surface area contributed by atoms with Gasteiger partial charge in [0.15, 0.2) is 17.3 Å². The fourth-order valence-electron chi connectivity index (χ4n) is 5.72. The molecule has 0 bridgehead atoms. The normalized spacial score (nSPS) is 17.0. The second-order valence-electron chi connectivity index (χ2n) is 10.6. The Hall–Kier alpha value is -5.28. The molecule has 0 saturated heterocycles. The number of phenols is 1. The maximum atomic E-state index is 13.8. The first-order valence-electron chi connectivity index (χ1n) is 13.6. The number of phenolic OH excluding ortho intramolecular Hbond substituents is 1. The summed E-state index contributed by atoms with van der Waals surface area (Å²) in [5.41, 5.74) is -1.33. The molecule has 3 N–H and O–H groups in total. The number of amides is 1. The summed E-state index contributed by atoms with van der Waals surface area (Å²) in [6, 6.07) is 19.5. The van der Waals surface area contributed by atoms with Gasteiger partial charge in [-0.25, -0.2) is 0 Å². The van der Waals surface area contributed by atoms with Crippen molar-refractivity contribution in [2.45, 2.75) is 25.8 Å². The standard InChI is InChI=1S/C34H26ClNO8/c1-17(37)28-23(38)15-27-34(2,32(28)40)30-24(39)14-26(42-3)29(31(30)44-27)33(41)36-16-18-11-12-25(22-10-5-4-9-21(18)22)43-20-8-6-7-19(35)13-20/h4-15,38-39H,16H2,1-3H3,(H,36,41)/t34-/m1/s1. The molecule has 9 nitrogen and oxygen atoms in total. The van der Waals surface area contributed by atoms with E-state index in [1.165, 1.54) is 20.1 Å². The number of allylic oxidation sites excluding steroid dienone is 3. The molecule has 1 heterocycles. The molecule has 0 spiro atoms. The highest BCUT2D eigenvalue weighted by molar-refractivity contribution is 6.30. The quantitative estimate of drug-likeness (QED) is 0.203. The van der Waals surface area contributed by atoms with Gasteiger partial charge in [0.2, 0.25) is 0 Å². The van der Waals surface area contributed by atoms with E-state index in [0.29, 0.717) is 16.5 Å². The number of aliphatic hydroxyl groups excluding tert-OH is 1. The zero-order chi connectivity index (χ0) is 31.3. The van der Waals surface area contributed by atoms with Crippen LogP contribution in [0.5, 0.6) is 28.7 Å². The van der Waals surface area contributed by atoms with Crippen molar-refractivity contribution >= 4 is 39.8 Å². The number of halogens is 1. The predicted molar refractivity (Wildman–Crippen MR) is 163 cm³/mol. The third kappa shape index (κ3) is 4.53. The average molecular weight is 612 g/mol. The van der Waals surface area contributed by atoms with E-state index >= 15 is 0 Å². The first kappa shape index (κ1) is 28.8. The number of benzene rings is 4. The molecule has 2 aliphatic rings. The molecule has 0 aromatic heterocycles. The summed E-state index contributed by atoms with van der Waals surface area (Å²) in [4.78, 5) is 39.5. The van der Waals surface area contributed by atoms with Crippen LogP contribution in [0, 0.1) is 0 Å². The number of hydrogen-bond donors (Lipinski definition) is 3. The molecular formula is C34H26ClNO8. The number of hydrogen-bond acceptors (Lipinski definition) is 8. The highest BCUT2D eigenvalue weighted by Crippen LogP contribution is 2.56. The van der Waals surface area contributed by atoms with Crippen LogP contribution >= 0.6 is 11.6 Å². The average Bonchev–Trinajstić information content (AvgIpc) is 3.29. The van der Waals surface area contributed by atoms with Gasteiger partial charge in [0, 0.05) is 29.1 Å². The molecule has 1 amide bonds. The summed E-state index contributed by atoms with van der Waals surface area (Å²) in [5, 5.41) is 26.5. The first-order chi connectivity index (χ1) is 21.0. The van der Waals surface area contributed by atoms with Crippen LogP contribution in [0.1, 0.15) is 35.3 Å². The molecule has 222 valence electrons. The lowest BCUT2D eigenvalue weighted by molar-refractivity contribution is -0.123. The summed E-state index contributed by atoms with van der Waals surface area (Å²) in [6.07, 6.45) is 1.16. The van der Waals surface area contributed by atoms with Crippen LogP contribution in [0.4, 0.5) is 0 Å². The van der Waals surface area contributed by atoms with Gasteiger partial charge in [0.1, 0.15) is 51.1 Å². The van der Waals surface area contributed by atoms with Crippen LogP contribution in [0.25, 0.3) is 10.8 Å². The highest BCUT2D eigenvalue weighted by Gasteiger charge is 2.55. The predicted octanol–water partition coefficient (Wildman–Crippen LogP) is 6.45. The molecule has 1 atom stereocenters. The lowest BCUT2D eigenvalue weighted by atomic mass is 9.71. The van der Waals surface area contributed by atoms with Crippen molar-refractivity contribution in [3.05, 3.63) is 112 Å². The van der Waals surface area contributed by atoms with Crippen molar-refractivity contribution in [1.82, 2.24) is 5.32 Å². The van der Waals surface area contributed by atoms with Crippen LogP contribution in [-0.4, -0.2) is 34.8 Å². The molecule has 0 unspecified atom stereocenters. The first-order valence-corrected chi connectivity index (χ1v) is 14.0. The number of aromatic hydroxyl groups is 1. The van der Waals surface area contributed by atoms with Crippen LogP contribution in [-0.2, 0) is 21.5 Å². The van der Waals surface area contributed by atoms with E-state index in [-0.39, 0.29) is 40.7 Å². The summed E-state index contributed by atoms with van der Waals surface area (Å²) in [7, 11) is 1.33. The van der Waals surface area contributed by atoms with Crippen LogP contribution in [0.2, 0.25) is 5.02 Å². The Morgan fingerprint density at radius 1 is 1.00 bits per heavy atom. The number of fused-ring (bicyclic) bond motifs is 4. The van der Waals surface area contributed by atoms with Crippen molar-refractivity contribution in [2.75, 3.05) is 7.11 Å². The van der Waals surface area contributed by atoms with E-state index in [1.54, 1.807) is 24.3 Å². The van der Waals surface area contributed by atoms with Crippen molar-refractivity contribution in [3.8, 4) is 28.7 Å². The maximum Gasteiger partial charge on any atom is 0.259 e. The number of nitrogens with one attached hydrogen (secondary N) is 1. The molecule has 0 radical (unpaired) electrons. The van der Waals surface area contributed by atoms with Gasteiger partial charge in [-0.05, 0) is 49.1 Å². The number of ether oxygens (including phenoxy) is 3. The summed E-state index contributed by atoms with van der Waals surface area (Å²) >= 11 is 6.12. The number of carbonyl (C=O) groups excluding carboxylic acids is 3. The largest absolute Gasteiger partial charge is 0.507 e. The van der Waals surface area contributed by atoms with Crippen LogP contribution < -0.4 is 19.5 Å². The maximum absolute atomic E-state index is 13.8. The Bertz CT molecular complexity index is 1980. The van der Waals surface area contributed by atoms with Gasteiger partial charge in [-0.1, -0.05) is 48.0 Å². The van der Waals surface area contributed by atoms with E-state index in [2.05, 4.69) is 5.32 Å². The fourth-order valence-corrected chi connectivity index (χ4v) is 5.90. The molecule has 1 aliphatic carbocycles. The molecule has 6 rings (SSSR count). The lowest BCUT2D eigenvalue weighted by Crippen LogP contribution is -2.38. The van der Waals surface area contributed by atoms with Gasteiger partial charge in [0.25, 0.3) is 5.91 Å². The minimum Gasteiger partial charge on any atom is -0.507 e. The topological polar surface area (TPSA) is 131 Å². The molecule has 0 saturated carbocycles. The van der Waals surface area contributed by atoms with E-state index in [1.807, 2.05) is 36.4 Å². The van der Waals surface area contributed by atoms with Gasteiger partial charge < -0.3 is 29.7 Å². The van der Waals surface area contributed by atoms with Crippen molar-refractivity contribution in [1.29, 1.82) is 0 Å². The molecule has 44 heavy (non-hydrogen) atoms. The minimum atomic E-state index is -1.65. The zero-order valence-corrected chi connectivity index (χ0v) is 24.6. The molecule has 10 heteroatoms. The van der Waals surface area contributed by atoms with E-state index in [4.69, 9.17) is 25.8 Å².